The Hall–Kier alpha value is -2.19. The van der Waals surface area contributed by atoms with E-state index in [1.165, 1.54) is 7.11 Å². The maximum Gasteiger partial charge on any atom is 0.255 e. The number of methoxy groups -OCH3 is 1. The van der Waals surface area contributed by atoms with E-state index in [0.29, 0.717) is 30.0 Å². The molecule has 2 unspecified atom stereocenters. The van der Waals surface area contributed by atoms with Crippen molar-refractivity contribution in [1.82, 2.24) is 14.8 Å². The summed E-state index contributed by atoms with van der Waals surface area (Å²) in [4.78, 5) is 21.5. The number of carbonyl (C=O) groups excluding carboxylic acids is 1. The molecule has 2 aliphatic rings. The van der Waals surface area contributed by atoms with E-state index in [1.54, 1.807) is 11.0 Å². The summed E-state index contributed by atoms with van der Waals surface area (Å²) in [5, 5.41) is 0.745. The van der Waals surface area contributed by atoms with Crippen LogP contribution in [0, 0.1) is 0 Å². The van der Waals surface area contributed by atoms with Crippen molar-refractivity contribution in [2.24, 2.45) is 0 Å². The van der Waals surface area contributed by atoms with Gasteiger partial charge >= 0.3 is 0 Å². The van der Waals surface area contributed by atoms with Crippen molar-refractivity contribution in [3.8, 4) is 5.88 Å². The summed E-state index contributed by atoms with van der Waals surface area (Å²) < 4.78 is 29.6. The van der Waals surface area contributed by atoms with Crippen molar-refractivity contribution >= 4 is 26.6 Å². The summed E-state index contributed by atoms with van der Waals surface area (Å²) in [5.41, 5.74) is 1.18. The van der Waals surface area contributed by atoms with Crippen molar-refractivity contribution in [1.29, 1.82) is 0 Å². The highest BCUT2D eigenvalue weighted by molar-refractivity contribution is 7.91. The number of likely N-dealkylation sites (N-methyl/N-ethyl adjacent to an activating group) is 1. The number of sulfone groups is 1. The first-order valence-corrected chi connectivity index (χ1v) is 10.4. The van der Waals surface area contributed by atoms with Gasteiger partial charge in [-0.15, -0.1) is 0 Å². The number of fused-ring (bicyclic) bond motifs is 2. The molecule has 4 rings (SSSR count). The molecule has 2 saturated heterocycles. The van der Waals surface area contributed by atoms with Gasteiger partial charge in [0.2, 0.25) is 5.88 Å². The molecule has 8 heteroatoms. The summed E-state index contributed by atoms with van der Waals surface area (Å²) in [7, 11) is 0.298. The van der Waals surface area contributed by atoms with E-state index in [0.717, 1.165) is 5.39 Å². The number of para-hydroxylation sites is 1. The molecule has 1 aromatic carbocycles. The first-order valence-electron chi connectivity index (χ1n) is 8.55. The Morgan fingerprint density at radius 3 is 2.69 bits per heavy atom. The van der Waals surface area contributed by atoms with Gasteiger partial charge in [-0.3, -0.25) is 9.69 Å². The molecule has 0 saturated carbocycles. The highest BCUT2D eigenvalue weighted by Gasteiger charge is 2.47. The normalized spacial score (nSPS) is 25.2. The molecule has 2 fully saturated rings. The smallest absolute Gasteiger partial charge is 0.255 e. The molecule has 1 amide bonds. The fourth-order valence-corrected chi connectivity index (χ4v) is 6.02. The second-order valence-electron chi connectivity index (χ2n) is 6.92. The van der Waals surface area contributed by atoms with Crippen LogP contribution >= 0.6 is 0 Å². The van der Waals surface area contributed by atoms with Gasteiger partial charge in [-0.25, -0.2) is 13.4 Å². The number of amides is 1. The number of hydrogen-bond donors (Lipinski definition) is 0. The molecule has 0 N–H and O–H groups in total. The van der Waals surface area contributed by atoms with Crippen LogP contribution in [0.4, 0.5) is 0 Å². The van der Waals surface area contributed by atoms with Crippen LogP contribution in [0.2, 0.25) is 0 Å². The Morgan fingerprint density at radius 1 is 1.19 bits per heavy atom. The van der Waals surface area contributed by atoms with Gasteiger partial charge in [0.1, 0.15) is 0 Å². The maximum absolute atomic E-state index is 13.4. The van der Waals surface area contributed by atoms with Gasteiger partial charge in [-0.05, 0) is 13.1 Å². The lowest BCUT2D eigenvalue weighted by Gasteiger charge is -2.42. The zero-order valence-electron chi connectivity index (χ0n) is 14.8. The Morgan fingerprint density at radius 2 is 1.92 bits per heavy atom. The summed E-state index contributed by atoms with van der Waals surface area (Å²) in [6.07, 6.45) is 0. The number of carbonyl (C=O) groups is 1. The third-order valence-electron chi connectivity index (χ3n) is 5.35. The van der Waals surface area contributed by atoms with Gasteiger partial charge in [-0.2, -0.15) is 0 Å². The lowest BCUT2D eigenvalue weighted by molar-refractivity contribution is 0.0411. The standard InChI is InChI=1S/C18H21N3O4S/c1-20-7-8-21(16-11-26(23,24)10-15(16)20)18(22)13-9-17(25-2)19-14-6-4-3-5-12(13)14/h3-6,9,15-16H,7-8,10-11H2,1-2H3. The molecular weight excluding hydrogens is 354 g/mol. The molecule has 1 aromatic heterocycles. The largest absolute Gasteiger partial charge is 0.481 e. The number of aromatic nitrogens is 1. The lowest BCUT2D eigenvalue weighted by Crippen LogP contribution is -2.59. The van der Waals surface area contributed by atoms with Crippen LogP contribution in [0.3, 0.4) is 0 Å². The van der Waals surface area contributed by atoms with E-state index >= 15 is 0 Å². The van der Waals surface area contributed by atoms with Crippen molar-refractivity contribution in [2.45, 2.75) is 12.1 Å². The summed E-state index contributed by atoms with van der Waals surface area (Å²) >= 11 is 0. The van der Waals surface area contributed by atoms with Gasteiger partial charge < -0.3 is 9.64 Å². The number of benzene rings is 1. The molecule has 0 spiro atoms. The fourth-order valence-electron chi connectivity index (χ4n) is 3.97. The molecule has 2 aromatic rings. The lowest BCUT2D eigenvalue weighted by atomic mass is 10.0. The Balaban J connectivity index is 1.77. The average Bonchev–Trinajstić information content (AvgIpc) is 2.96. The fraction of sp³-hybridized carbons (Fsp3) is 0.444. The summed E-state index contributed by atoms with van der Waals surface area (Å²) in [6.45, 7) is 1.16. The molecule has 0 aliphatic carbocycles. The van der Waals surface area contributed by atoms with Crippen LogP contribution < -0.4 is 4.74 Å². The van der Waals surface area contributed by atoms with E-state index in [1.807, 2.05) is 36.2 Å². The van der Waals surface area contributed by atoms with Crippen molar-refractivity contribution in [3.05, 3.63) is 35.9 Å². The molecule has 0 bridgehead atoms. The Labute approximate surface area is 152 Å². The molecule has 3 heterocycles. The maximum atomic E-state index is 13.4. The van der Waals surface area contributed by atoms with Crippen LogP contribution in [0.15, 0.2) is 30.3 Å². The molecule has 26 heavy (non-hydrogen) atoms. The van der Waals surface area contributed by atoms with Gasteiger partial charge in [-0.1, -0.05) is 18.2 Å². The van der Waals surface area contributed by atoms with Gasteiger partial charge in [0.25, 0.3) is 5.91 Å². The number of piperazine rings is 1. The molecule has 2 aliphatic heterocycles. The topological polar surface area (TPSA) is 79.8 Å². The van der Waals surface area contributed by atoms with Crippen molar-refractivity contribution in [3.63, 3.8) is 0 Å². The summed E-state index contributed by atoms with van der Waals surface area (Å²) in [5.74, 6) is 0.338. The minimum Gasteiger partial charge on any atom is -0.481 e. The summed E-state index contributed by atoms with van der Waals surface area (Å²) in [6, 6.07) is 8.59. The number of ether oxygens (including phenoxy) is 1. The highest BCUT2D eigenvalue weighted by atomic mass is 32.2. The molecule has 7 nitrogen and oxygen atoms in total. The van der Waals surface area contributed by atoms with E-state index in [-0.39, 0.29) is 29.5 Å². The zero-order valence-corrected chi connectivity index (χ0v) is 15.6. The molecule has 138 valence electrons. The quantitative estimate of drug-likeness (QED) is 0.772. The first-order chi connectivity index (χ1) is 12.4. The van der Waals surface area contributed by atoms with E-state index < -0.39 is 9.84 Å². The minimum absolute atomic E-state index is 0.0217. The third-order valence-corrected chi connectivity index (χ3v) is 7.05. The van der Waals surface area contributed by atoms with Crippen LogP contribution in [0.1, 0.15) is 10.4 Å². The van der Waals surface area contributed by atoms with Crippen LogP contribution in [-0.2, 0) is 9.84 Å². The van der Waals surface area contributed by atoms with Crippen LogP contribution in [-0.4, -0.2) is 79.9 Å². The van der Waals surface area contributed by atoms with E-state index in [2.05, 4.69) is 4.98 Å². The molecular formula is C18H21N3O4S. The van der Waals surface area contributed by atoms with Gasteiger partial charge in [0.05, 0.1) is 35.7 Å². The third kappa shape index (κ3) is 2.83. The van der Waals surface area contributed by atoms with Crippen LogP contribution in [0.5, 0.6) is 5.88 Å². The number of hydrogen-bond acceptors (Lipinski definition) is 6. The number of pyridine rings is 1. The number of nitrogens with zero attached hydrogens (tertiary/aromatic N) is 3. The zero-order chi connectivity index (χ0) is 18.5. The minimum atomic E-state index is -3.14. The van der Waals surface area contributed by atoms with Crippen LogP contribution in [0.25, 0.3) is 10.9 Å². The van der Waals surface area contributed by atoms with Gasteiger partial charge in [0, 0.05) is 30.6 Å². The first kappa shape index (κ1) is 17.2. The average molecular weight is 375 g/mol. The molecule has 0 radical (unpaired) electrons. The number of rotatable bonds is 2. The predicted molar refractivity (Wildman–Crippen MR) is 98.2 cm³/mol. The molecule has 2 atom stereocenters. The Kier molecular flexibility index (Phi) is 4.11. The van der Waals surface area contributed by atoms with Crippen molar-refractivity contribution < 1.29 is 17.9 Å². The second kappa shape index (κ2) is 6.21. The van der Waals surface area contributed by atoms with Crippen molar-refractivity contribution in [2.75, 3.05) is 38.8 Å². The monoisotopic (exact) mass is 375 g/mol. The second-order valence-corrected chi connectivity index (χ2v) is 9.07. The van der Waals surface area contributed by atoms with E-state index in [4.69, 9.17) is 4.74 Å². The highest BCUT2D eigenvalue weighted by Crippen LogP contribution is 2.29. The predicted octanol–water partition coefficient (Wildman–Crippen LogP) is 0.797. The van der Waals surface area contributed by atoms with E-state index in [9.17, 15) is 13.2 Å². The van der Waals surface area contributed by atoms with Gasteiger partial charge in [0.15, 0.2) is 9.84 Å². The SMILES string of the molecule is COc1cc(C(=O)N2CCN(C)C3CS(=O)(=O)CC32)c2ccccc2n1. The Bertz CT molecular complexity index is 976.